The molecule has 4 rings (SSSR count). The fraction of sp³-hybridized carbons (Fsp3) is 0.0526. The largest absolute Gasteiger partial charge is 0.436 e. The molecule has 0 saturated heterocycles. The first-order chi connectivity index (χ1) is 12.5. The minimum atomic E-state index is -0.684. The molecule has 0 atom stereocenters. The van der Waals surface area contributed by atoms with E-state index in [0.29, 0.717) is 32.8 Å². The van der Waals surface area contributed by atoms with Crippen LogP contribution in [0.1, 0.15) is 5.69 Å². The number of nitrogen functional groups attached to an aromatic ring is 2. The summed E-state index contributed by atoms with van der Waals surface area (Å²) in [6.45, 7) is 1.84. The number of fused-ring (bicyclic) bond motifs is 1. The minimum Gasteiger partial charge on any atom is -0.436 e. The Morgan fingerprint density at radius 2 is 1.92 bits per heavy atom. The third-order valence-corrected chi connectivity index (χ3v) is 4.37. The van der Waals surface area contributed by atoms with Crippen molar-refractivity contribution in [3.05, 3.63) is 59.3 Å². The van der Waals surface area contributed by atoms with Crippen molar-refractivity contribution in [2.45, 2.75) is 6.92 Å². The van der Waals surface area contributed by atoms with Gasteiger partial charge < -0.3 is 15.9 Å². The van der Waals surface area contributed by atoms with Crippen molar-refractivity contribution in [2.75, 3.05) is 11.5 Å². The zero-order valence-corrected chi connectivity index (χ0v) is 14.5. The van der Waals surface area contributed by atoms with Crippen LogP contribution in [0.2, 0.25) is 5.02 Å². The first kappa shape index (κ1) is 16.4. The summed E-state index contributed by atoms with van der Waals surface area (Å²) in [4.78, 5) is 8.28. The summed E-state index contributed by atoms with van der Waals surface area (Å²) in [5, 5.41) is 0.848. The van der Waals surface area contributed by atoms with Crippen LogP contribution in [0.5, 0.6) is 0 Å². The van der Waals surface area contributed by atoms with Crippen LogP contribution in [0.25, 0.3) is 33.4 Å². The Bertz CT molecular complexity index is 1160. The quantitative estimate of drug-likeness (QED) is 0.495. The summed E-state index contributed by atoms with van der Waals surface area (Å²) in [7, 11) is 0. The Labute approximate surface area is 153 Å². The van der Waals surface area contributed by atoms with Gasteiger partial charge >= 0.3 is 0 Å². The lowest BCUT2D eigenvalue weighted by Crippen LogP contribution is -1.97. The molecule has 3 heterocycles. The highest BCUT2D eigenvalue weighted by Crippen LogP contribution is 2.43. The lowest BCUT2D eigenvalue weighted by Gasteiger charge is -2.09. The van der Waals surface area contributed by atoms with Crippen molar-refractivity contribution < 1.29 is 8.81 Å². The van der Waals surface area contributed by atoms with Gasteiger partial charge in [-0.25, -0.2) is 4.98 Å². The zero-order chi connectivity index (χ0) is 18.4. The maximum atomic E-state index is 15.1. The molecule has 0 aliphatic heterocycles. The Morgan fingerprint density at radius 3 is 2.65 bits per heavy atom. The van der Waals surface area contributed by atoms with Gasteiger partial charge in [0, 0.05) is 22.5 Å². The number of aryl methyl sites for hydroxylation is 1. The van der Waals surface area contributed by atoms with Crippen LogP contribution in [-0.2, 0) is 0 Å². The monoisotopic (exact) mass is 368 g/mol. The van der Waals surface area contributed by atoms with Crippen molar-refractivity contribution in [1.82, 2.24) is 9.97 Å². The first-order valence-corrected chi connectivity index (χ1v) is 8.19. The van der Waals surface area contributed by atoms with E-state index in [1.807, 2.05) is 6.92 Å². The summed E-state index contributed by atoms with van der Waals surface area (Å²) in [5.41, 5.74) is 15.0. The smallest absolute Gasteiger partial charge is 0.222 e. The lowest BCUT2D eigenvalue weighted by atomic mass is 10.00. The highest BCUT2D eigenvalue weighted by molar-refractivity contribution is 6.31. The molecule has 0 bridgehead atoms. The van der Waals surface area contributed by atoms with Crippen molar-refractivity contribution in [3.8, 4) is 22.4 Å². The average molecular weight is 369 g/mol. The van der Waals surface area contributed by atoms with Crippen LogP contribution in [0.4, 0.5) is 16.0 Å². The molecule has 3 aromatic heterocycles. The van der Waals surface area contributed by atoms with Gasteiger partial charge in [0.2, 0.25) is 11.8 Å². The van der Waals surface area contributed by atoms with E-state index < -0.39 is 5.95 Å². The summed E-state index contributed by atoms with van der Waals surface area (Å²) in [6.07, 6.45) is 1.62. The summed E-state index contributed by atoms with van der Waals surface area (Å²) in [5.74, 6) is -0.667. The van der Waals surface area contributed by atoms with Gasteiger partial charge in [0.25, 0.3) is 0 Å². The highest BCUT2D eigenvalue weighted by Gasteiger charge is 2.24. The van der Waals surface area contributed by atoms with Gasteiger partial charge in [-0.3, -0.25) is 4.98 Å². The number of hydrogen-bond donors (Lipinski definition) is 2. The molecule has 0 unspecified atom stereocenters. The standard InChI is InChI=1S/C19H14ClFN4O/c1-9-7-11(5-6-24-9)16-17-14(15(22)19(23)26-17)13(18(21)25-16)10-3-2-4-12(20)8-10/h2-8H,22-23H2,1H3. The molecule has 5 nitrogen and oxygen atoms in total. The molecule has 26 heavy (non-hydrogen) atoms. The summed E-state index contributed by atoms with van der Waals surface area (Å²) < 4.78 is 20.7. The number of rotatable bonds is 2. The van der Waals surface area contributed by atoms with Crippen LogP contribution in [0.3, 0.4) is 0 Å². The molecular weight excluding hydrogens is 355 g/mol. The maximum absolute atomic E-state index is 15.1. The van der Waals surface area contributed by atoms with Gasteiger partial charge in [0.05, 0.1) is 10.9 Å². The van der Waals surface area contributed by atoms with Gasteiger partial charge in [0.1, 0.15) is 11.4 Å². The molecule has 130 valence electrons. The molecule has 0 aliphatic carbocycles. The summed E-state index contributed by atoms with van der Waals surface area (Å²) >= 11 is 6.06. The fourth-order valence-corrected chi connectivity index (χ4v) is 3.17. The van der Waals surface area contributed by atoms with Crippen LogP contribution in [0.15, 0.2) is 47.0 Å². The van der Waals surface area contributed by atoms with E-state index in [9.17, 15) is 0 Å². The number of anilines is 2. The van der Waals surface area contributed by atoms with E-state index in [2.05, 4.69) is 9.97 Å². The fourth-order valence-electron chi connectivity index (χ4n) is 2.98. The van der Waals surface area contributed by atoms with Gasteiger partial charge in [-0.1, -0.05) is 23.7 Å². The SMILES string of the molecule is Cc1cc(-c2nc(F)c(-c3cccc(Cl)c3)c3c(N)c(N)oc23)ccn1. The third-order valence-electron chi connectivity index (χ3n) is 4.14. The summed E-state index contributed by atoms with van der Waals surface area (Å²) in [6, 6.07) is 10.3. The minimum absolute atomic E-state index is 0.0164. The molecule has 0 amide bonds. The maximum Gasteiger partial charge on any atom is 0.222 e. The number of aromatic nitrogens is 2. The molecular formula is C19H14ClFN4O. The first-order valence-electron chi connectivity index (χ1n) is 7.81. The molecule has 0 aliphatic rings. The van der Waals surface area contributed by atoms with Crippen molar-refractivity contribution in [3.63, 3.8) is 0 Å². The van der Waals surface area contributed by atoms with Crippen LogP contribution < -0.4 is 11.5 Å². The predicted molar refractivity (Wildman–Crippen MR) is 101 cm³/mol. The Hall–Kier alpha value is -3.12. The molecule has 4 N–H and O–H groups in total. The van der Waals surface area contributed by atoms with E-state index in [-0.39, 0.29) is 17.1 Å². The average Bonchev–Trinajstić information content (AvgIpc) is 2.89. The van der Waals surface area contributed by atoms with Crippen LogP contribution in [-0.4, -0.2) is 9.97 Å². The number of furan rings is 1. The lowest BCUT2D eigenvalue weighted by molar-refractivity contribution is 0.586. The normalized spacial score (nSPS) is 11.2. The predicted octanol–water partition coefficient (Wildman–Crippen LogP) is 4.82. The Kier molecular flexibility index (Phi) is 3.77. The second-order valence-electron chi connectivity index (χ2n) is 5.91. The Balaban J connectivity index is 2.11. The number of nitrogens with two attached hydrogens (primary N) is 2. The molecule has 7 heteroatoms. The topological polar surface area (TPSA) is 91.0 Å². The van der Waals surface area contributed by atoms with E-state index in [4.69, 9.17) is 27.5 Å². The number of nitrogens with zero attached hydrogens (tertiary/aromatic N) is 2. The van der Waals surface area contributed by atoms with E-state index in [0.717, 1.165) is 5.69 Å². The zero-order valence-electron chi connectivity index (χ0n) is 13.8. The van der Waals surface area contributed by atoms with Gasteiger partial charge in [0.15, 0.2) is 5.58 Å². The van der Waals surface area contributed by atoms with Gasteiger partial charge in [-0.2, -0.15) is 4.39 Å². The Morgan fingerprint density at radius 1 is 1.12 bits per heavy atom. The molecule has 0 fully saturated rings. The van der Waals surface area contributed by atoms with E-state index in [1.165, 1.54) is 0 Å². The van der Waals surface area contributed by atoms with E-state index in [1.54, 1.807) is 42.6 Å². The second kappa shape index (κ2) is 6.00. The number of halogens is 2. The number of pyridine rings is 2. The molecule has 4 aromatic rings. The number of benzene rings is 1. The molecule has 0 radical (unpaired) electrons. The molecule has 1 aromatic carbocycles. The van der Waals surface area contributed by atoms with Crippen molar-refractivity contribution >= 4 is 34.1 Å². The number of hydrogen-bond acceptors (Lipinski definition) is 5. The third kappa shape index (κ3) is 2.55. The highest BCUT2D eigenvalue weighted by atomic mass is 35.5. The second-order valence-corrected chi connectivity index (χ2v) is 6.34. The van der Waals surface area contributed by atoms with Crippen LogP contribution in [0, 0.1) is 12.9 Å². The molecule has 0 spiro atoms. The van der Waals surface area contributed by atoms with Gasteiger partial charge in [-0.15, -0.1) is 0 Å². The van der Waals surface area contributed by atoms with Crippen molar-refractivity contribution in [1.29, 1.82) is 0 Å². The van der Waals surface area contributed by atoms with Crippen LogP contribution >= 0.6 is 11.6 Å². The molecule has 0 saturated carbocycles. The van der Waals surface area contributed by atoms with Crippen molar-refractivity contribution in [2.24, 2.45) is 0 Å². The van der Waals surface area contributed by atoms with E-state index >= 15 is 4.39 Å². The van der Waals surface area contributed by atoms with Gasteiger partial charge in [-0.05, 0) is 36.8 Å².